The number of amidine groups is 1. The summed E-state index contributed by atoms with van der Waals surface area (Å²) in [5.74, 6) is -0.0298. The van der Waals surface area contributed by atoms with Crippen LogP contribution < -0.4 is 5.73 Å². The van der Waals surface area contributed by atoms with Crippen LogP contribution in [0.25, 0.3) is 0 Å². The average molecular weight is 272 g/mol. The molecule has 1 aliphatic rings. The number of benzene rings is 1. The van der Waals surface area contributed by atoms with Gasteiger partial charge < -0.3 is 10.9 Å². The molecule has 18 heavy (non-hydrogen) atoms. The van der Waals surface area contributed by atoms with Crippen LogP contribution in [0.15, 0.2) is 28.3 Å². The highest BCUT2D eigenvalue weighted by Crippen LogP contribution is 2.52. The van der Waals surface area contributed by atoms with Crippen LogP contribution >= 0.6 is 11.8 Å². The Morgan fingerprint density at radius 3 is 2.78 bits per heavy atom. The van der Waals surface area contributed by atoms with Gasteiger partial charge in [0.25, 0.3) is 0 Å². The summed E-state index contributed by atoms with van der Waals surface area (Å²) >= 11 is 1.28. The smallest absolute Gasteiger partial charge is 0.139 e. The second kappa shape index (κ2) is 5.14. The second-order valence-electron chi connectivity index (χ2n) is 4.63. The maximum absolute atomic E-state index is 13.4. The van der Waals surface area contributed by atoms with Crippen LogP contribution in [0.2, 0.25) is 0 Å². The summed E-state index contributed by atoms with van der Waals surface area (Å²) in [5, 5.41) is 11.5. The molecule has 0 spiro atoms. The largest absolute Gasteiger partial charge is 0.409 e. The lowest BCUT2D eigenvalue weighted by atomic mass is 10.1. The van der Waals surface area contributed by atoms with E-state index in [0.717, 1.165) is 25.0 Å². The van der Waals surface area contributed by atoms with Crippen LogP contribution in [-0.2, 0) is 0 Å². The summed E-state index contributed by atoms with van der Waals surface area (Å²) in [6.07, 6.45) is 2.42. The third kappa shape index (κ3) is 3.13. The van der Waals surface area contributed by atoms with Gasteiger partial charge in [-0.15, -0.1) is 11.8 Å². The number of halogens is 2. The minimum Gasteiger partial charge on any atom is -0.409 e. The molecule has 2 rings (SSSR count). The third-order valence-corrected chi connectivity index (χ3v) is 4.45. The maximum Gasteiger partial charge on any atom is 0.139 e. The van der Waals surface area contributed by atoms with E-state index in [-0.39, 0.29) is 11.3 Å². The van der Waals surface area contributed by atoms with Crippen LogP contribution in [0.5, 0.6) is 0 Å². The Labute approximate surface area is 108 Å². The van der Waals surface area contributed by atoms with Crippen molar-refractivity contribution in [2.24, 2.45) is 16.3 Å². The van der Waals surface area contributed by atoms with Gasteiger partial charge in [0.1, 0.15) is 17.5 Å². The van der Waals surface area contributed by atoms with Crippen molar-refractivity contribution in [3.05, 3.63) is 29.8 Å². The van der Waals surface area contributed by atoms with Crippen molar-refractivity contribution in [3.8, 4) is 0 Å². The normalized spacial score (nSPS) is 17.8. The Bertz CT molecular complexity index is 475. The zero-order valence-corrected chi connectivity index (χ0v) is 10.5. The van der Waals surface area contributed by atoms with Gasteiger partial charge in [0.15, 0.2) is 0 Å². The van der Waals surface area contributed by atoms with Gasteiger partial charge in [-0.25, -0.2) is 8.78 Å². The summed E-state index contributed by atoms with van der Waals surface area (Å²) in [5.41, 5.74) is 5.45. The Kier molecular flexibility index (Phi) is 3.75. The Morgan fingerprint density at radius 2 is 2.17 bits per heavy atom. The summed E-state index contributed by atoms with van der Waals surface area (Å²) in [4.78, 5) is 0.306. The van der Waals surface area contributed by atoms with Gasteiger partial charge in [-0.1, -0.05) is 5.16 Å². The van der Waals surface area contributed by atoms with Gasteiger partial charge in [0, 0.05) is 17.1 Å². The first-order chi connectivity index (χ1) is 8.54. The first-order valence-corrected chi connectivity index (χ1v) is 6.57. The summed E-state index contributed by atoms with van der Waals surface area (Å²) in [6, 6.07) is 3.42. The van der Waals surface area contributed by atoms with Gasteiger partial charge >= 0.3 is 0 Å². The highest BCUT2D eigenvalue weighted by atomic mass is 32.2. The van der Waals surface area contributed by atoms with Crippen molar-refractivity contribution in [2.45, 2.75) is 24.2 Å². The molecule has 0 aromatic heterocycles. The van der Waals surface area contributed by atoms with Crippen molar-refractivity contribution in [3.63, 3.8) is 0 Å². The van der Waals surface area contributed by atoms with Gasteiger partial charge in [-0.2, -0.15) is 0 Å². The number of oxime groups is 1. The highest BCUT2D eigenvalue weighted by Gasteiger charge is 2.43. The first-order valence-electron chi connectivity index (χ1n) is 5.59. The number of nitrogens with zero attached hydrogens (tertiary/aromatic N) is 1. The summed E-state index contributed by atoms with van der Waals surface area (Å²) < 4.78 is 26.4. The number of rotatable bonds is 5. The van der Waals surface area contributed by atoms with E-state index in [4.69, 9.17) is 10.9 Å². The molecule has 3 nitrogen and oxygen atoms in total. The molecule has 0 heterocycles. The van der Waals surface area contributed by atoms with E-state index in [1.807, 2.05) is 0 Å². The van der Waals surface area contributed by atoms with Gasteiger partial charge in [-0.05, 0) is 36.5 Å². The predicted octanol–water partition coefficient (Wildman–Crippen LogP) is 2.97. The van der Waals surface area contributed by atoms with Crippen LogP contribution in [-0.4, -0.2) is 16.8 Å². The fourth-order valence-electron chi connectivity index (χ4n) is 1.79. The molecule has 0 atom stereocenters. The number of nitrogens with two attached hydrogens (primary N) is 1. The SMILES string of the molecule is NC(CC1(CSc2cc(F)ccc2F)CC1)=NO. The quantitative estimate of drug-likeness (QED) is 0.285. The van der Waals surface area contributed by atoms with Crippen molar-refractivity contribution < 1.29 is 14.0 Å². The molecule has 1 aromatic carbocycles. The highest BCUT2D eigenvalue weighted by molar-refractivity contribution is 7.99. The molecule has 0 unspecified atom stereocenters. The molecule has 0 bridgehead atoms. The van der Waals surface area contributed by atoms with Crippen LogP contribution in [0.3, 0.4) is 0 Å². The molecule has 98 valence electrons. The molecule has 0 aliphatic heterocycles. The zero-order chi connectivity index (χ0) is 13.2. The molecule has 0 saturated heterocycles. The molecule has 1 aromatic rings. The molecular formula is C12H14F2N2OS. The second-order valence-corrected chi connectivity index (χ2v) is 5.65. The monoisotopic (exact) mass is 272 g/mol. The average Bonchev–Trinajstić information content (AvgIpc) is 3.10. The fourth-order valence-corrected chi connectivity index (χ4v) is 3.04. The predicted molar refractivity (Wildman–Crippen MR) is 66.8 cm³/mol. The van der Waals surface area contributed by atoms with Gasteiger partial charge in [0.2, 0.25) is 0 Å². The molecule has 1 saturated carbocycles. The molecule has 1 fully saturated rings. The number of hydrogen-bond donors (Lipinski definition) is 2. The molecule has 3 N–H and O–H groups in total. The Hall–Kier alpha value is -1.30. The standard InChI is InChI=1S/C12H14F2N2OS/c13-8-1-2-9(14)10(5-8)18-7-12(3-4-12)6-11(15)16-17/h1-2,5,17H,3-4,6-7H2,(H2,15,16). The lowest BCUT2D eigenvalue weighted by Crippen LogP contribution is -2.19. The van der Waals surface area contributed by atoms with E-state index in [0.29, 0.717) is 17.1 Å². The van der Waals surface area contributed by atoms with E-state index in [9.17, 15) is 8.78 Å². The fraction of sp³-hybridized carbons (Fsp3) is 0.417. The zero-order valence-electron chi connectivity index (χ0n) is 9.70. The number of hydrogen-bond acceptors (Lipinski definition) is 3. The van der Waals surface area contributed by atoms with Crippen LogP contribution in [0.1, 0.15) is 19.3 Å². The Balaban J connectivity index is 1.97. The van der Waals surface area contributed by atoms with Crippen LogP contribution in [0, 0.1) is 17.0 Å². The minimum atomic E-state index is -0.444. The lowest BCUT2D eigenvalue weighted by Gasteiger charge is -2.13. The molecule has 1 aliphatic carbocycles. The van der Waals surface area contributed by atoms with Gasteiger partial charge in [0.05, 0.1) is 0 Å². The van der Waals surface area contributed by atoms with Crippen molar-refractivity contribution >= 4 is 17.6 Å². The van der Waals surface area contributed by atoms with Gasteiger partial charge in [-0.3, -0.25) is 0 Å². The molecule has 0 radical (unpaired) electrons. The summed E-state index contributed by atoms with van der Waals surface area (Å²) in [6.45, 7) is 0. The molecular weight excluding hydrogens is 258 g/mol. The van der Waals surface area contributed by atoms with E-state index in [1.165, 1.54) is 17.8 Å². The topological polar surface area (TPSA) is 58.6 Å². The van der Waals surface area contributed by atoms with Crippen molar-refractivity contribution in [1.29, 1.82) is 0 Å². The molecule has 0 amide bonds. The Morgan fingerprint density at radius 1 is 1.44 bits per heavy atom. The first kappa shape index (κ1) is 13.1. The van der Waals surface area contributed by atoms with E-state index in [1.54, 1.807) is 0 Å². The third-order valence-electron chi connectivity index (χ3n) is 3.07. The number of thioether (sulfide) groups is 1. The summed E-state index contributed by atoms with van der Waals surface area (Å²) in [7, 11) is 0. The van der Waals surface area contributed by atoms with Crippen molar-refractivity contribution in [2.75, 3.05) is 5.75 Å². The van der Waals surface area contributed by atoms with Crippen molar-refractivity contribution in [1.82, 2.24) is 0 Å². The minimum absolute atomic E-state index is 0.0280. The molecule has 6 heteroatoms. The lowest BCUT2D eigenvalue weighted by molar-refractivity contribution is 0.315. The van der Waals surface area contributed by atoms with Crippen LogP contribution in [0.4, 0.5) is 8.78 Å². The van der Waals surface area contributed by atoms with E-state index >= 15 is 0 Å². The van der Waals surface area contributed by atoms with E-state index < -0.39 is 11.6 Å². The maximum atomic E-state index is 13.4. The van der Waals surface area contributed by atoms with E-state index in [2.05, 4.69) is 5.16 Å².